The zero-order valence-corrected chi connectivity index (χ0v) is 14.1. The fourth-order valence-electron chi connectivity index (χ4n) is 2.99. The summed E-state index contributed by atoms with van der Waals surface area (Å²) in [6.45, 7) is 2.75. The average molecular weight is 335 g/mol. The van der Waals surface area contributed by atoms with Crippen molar-refractivity contribution in [3.8, 4) is 5.69 Å². The van der Waals surface area contributed by atoms with Crippen LogP contribution in [0.25, 0.3) is 5.69 Å². The van der Waals surface area contributed by atoms with Crippen LogP contribution in [0, 0.1) is 5.92 Å². The van der Waals surface area contributed by atoms with E-state index < -0.39 is 0 Å². The lowest BCUT2D eigenvalue weighted by Gasteiger charge is -2.16. The molecule has 0 radical (unpaired) electrons. The molecule has 1 fully saturated rings. The smallest absolute Gasteiger partial charge is 0.226 e. The predicted octanol–water partition coefficient (Wildman–Crippen LogP) is 1.90. The second kappa shape index (κ2) is 8.13. The number of nitrogens with one attached hydrogen (secondary N) is 1. The summed E-state index contributed by atoms with van der Waals surface area (Å²) in [5.41, 5.74) is 2.06. The van der Waals surface area contributed by atoms with Gasteiger partial charge < -0.3 is 10.2 Å². The van der Waals surface area contributed by atoms with Crippen molar-refractivity contribution in [1.82, 2.24) is 20.0 Å². The Balaban J connectivity index is 0.00000192. The number of benzene rings is 1. The third kappa shape index (κ3) is 4.33. The number of aromatic nitrogens is 2. The van der Waals surface area contributed by atoms with Crippen LogP contribution in [-0.4, -0.2) is 47.3 Å². The Hall–Kier alpha value is -1.85. The van der Waals surface area contributed by atoms with E-state index in [-0.39, 0.29) is 18.3 Å². The highest BCUT2D eigenvalue weighted by Crippen LogP contribution is 2.17. The molecule has 1 unspecified atom stereocenters. The number of hydrogen-bond acceptors (Lipinski definition) is 3. The SMILES string of the molecule is CNCC1CCN(C(=O)Cc2ccc(-n3cccn3)cc2)C1.Cl. The first-order valence-electron chi connectivity index (χ1n) is 7.77. The molecule has 1 aliphatic rings. The fraction of sp³-hybridized carbons (Fsp3) is 0.412. The number of rotatable bonds is 5. The lowest BCUT2D eigenvalue weighted by molar-refractivity contribution is -0.129. The molecule has 23 heavy (non-hydrogen) atoms. The molecule has 0 spiro atoms. The zero-order valence-electron chi connectivity index (χ0n) is 13.3. The van der Waals surface area contributed by atoms with Gasteiger partial charge in [0.1, 0.15) is 0 Å². The van der Waals surface area contributed by atoms with Crippen molar-refractivity contribution >= 4 is 18.3 Å². The molecule has 1 atom stereocenters. The van der Waals surface area contributed by atoms with E-state index in [0.717, 1.165) is 37.3 Å². The van der Waals surface area contributed by atoms with Gasteiger partial charge in [-0.3, -0.25) is 4.79 Å². The lowest BCUT2D eigenvalue weighted by Crippen LogP contribution is -2.31. The molecule has 1 N–H and O–H groups in total. The molecule has 2 aromatic rings. The molecule has 6 heteroatoms. The Morgan fingerprint density at radius 3 is 2.78 bits per heavy atom. The summed E-state index contributed by atoms with van der Waals surface area (Å²) in [5, 5.41) is 7.39. The number of amides is 1. The molecule has 2 heterocycles. The zero-order chi connectivity index (χ0) is 15.4. The van der Waals surface area contributed by atoms with Gasteiger partial charge in [0.2, 0.25) is 5.91 Å². The maximum absolute atomic E-state index is 12.4. The van der Waals surface area contributed by atoms with E-state index in [1.54, 1.807) is 6.20 Å². The minimum Gasteiger partial charge on any atom is -0.342 e. The highest BCUT2D eigenvalue weighted by Gasteiger charge is 2.25. The van der Waals surface area contributed by atoms with E-state index in [4.69, 9.17) is 0 Å². The molecule has 1 aliphatic heterocycles. The summed E-state index contributed by atoms with van der Waals surface area (Å²) < 4.78 is 1.81. The number of hydrogen-bond donors (Lipinski definition) is 1. The van der Waals surface area contributed by atoms with Crippen LogP contribution in [0.5, 0.6) is 0 Å². The summed E-state index contributed by atoms with van der Waals surface area (Å²) in [5.74, 6) is 0.821. The Morgan fingerprint density at radius 2 is 2.13 bits per heavy atom. The van der Waals surface area contributed by atoms with Crippen LogP contribution in [0.3, 0.4) is 0 Å². The van der Waals surface area contributed by atoms with Crippen LogP contribution in [0.15, 0.2) is 42.7 Å². The Labute approximate surface area is 143 Å². The summed E-state index contributed by atoms with van der Waals surface area (Å²) in [6.07, 6.45) is 5.25. The maximum Gasteiger partial charge on any atom is 0.226 e. The summed E-state index contributed by atoms with van der Waals surface area (Å²) in [4.78, 5) is 14.4. The van der Waals surface area contributed by atoms with E-state index >= 15 is 0 Å². The van der Waals surface area contributed by atoms with Gasteiger partial charge in [0.15, 0.2) is 0 Å². The first-order chi connectivity index (χ1) is 10.8. The van der Waals surface area contributed by atoms with Gasteiger partial charge in [0.05, 0.1) is 12.1 Å². The van der Waals surface area contributed by atoms with Crippen molar-refractivity contribution in [3.05, 3.63) is 48.3 Å². The molecule has 124 valence electrons. The van der Waals surface area contributed by atoms with Crippen LogP contribution in [0.1, 0.15) is 12.0 Å². The normalized spacial score (nSPS) is 17.1. The molecule has 0 bridgehead atoms. The standard InChI is InChI=1S/C17H22N4O.ClH/c1-18-12-15-7-10-20(13-15)17(22)11-14-3-5-16(6-4-14)21-9-2-8-19-21;/h2-6,8-9,15,18H,7,10-13H2,1H3;1H. The van der Waals surface area contributed by atoms with Crippen LogP contribution in [0.4, 0.5) is 0 Å². The molecule has 3 rings (SSSR count). The highest BCUT2D eigenvalue weighted by atomic mass is 35.5. The number of carbonyl (C=O) groups is 1. The number of likely N-dealkylation sites (tertiary alicyclic amines) is 1. The third-order valence-corrected chi connectivity index (χ3v) is 4.19. The largest absolute Gasteiger partial charge is 0.342 e. The lowest BCUT2D eigenvalue weighted by atomic mass is 10.1. The topological polar surface area (TPSA) is 50.2 Å². The third-order valence-electron chi connectivity index (χ3n) is 4.19. The number of halogens is 1. The second-order valence-electron chi connectivity index (χ2n) is 5.85. The Bertz CT molecular complexity index is 612. The van der Waals surface area contributed by atoms with Gasteiger partial charge in [-0.1, -0.05) is 12.1 Å². The molecular formula is C17H23ClN4O. The molecule has 1 saturated heterocycles. The van der Waals surface area contributed by atoms with Crippen LogP contribution >= 0.6 is 12.4 Å². The van der Waals surface area contributed by atoms with Crippen molar-refractivity contribution in [2.45, 2.75) is 12.8 Å². The second-order valence-corrected chi connectivity index (χ2v) is 5.85. The molecular weight excluding hydrogens is 312 g/mol. The molecule has 1 aromatic heterocycles. The minimum absolute atomic E-state index is 0. The molecule has 5 nitrogen and oxygen atoms in total. The quantitative estimate of drug-likeness (QED) is 0.908. The van der Waals surface area contributed by atoms with Gasteiger partial charge >= 0.3 is 0 Å². The van der Waals surface area contributed by atoms with Gasteiger partial charge in [0.25, 0.3) is 0 Å². The Morgan fingerprint density at radius 1 is 1.35 bits per heavy atom. The molecule has 0 saturated carbocycles. The van der Waals surface area contributed by atoms with Crippen molar-refractivity contribution in [1.29, 1.82) is 0 Å². The fourth-order valence-corrected chi connectivity index (χ4v) is 2.99. The summed E-state index contributed by atoms with van der Waals surface area (Å²) >= 11 is 0. The maximum atomic E-state index is 12.4. The molecule has 1 aromatic carbocycles. The van der Waals surface area contributed by atoms with Gasteiger partial charge in [-0.05, 0) is 49.7 Å². The van der Waals surface area contributed by atoms with Crippen molar-refractivity contribution < 1.29 is 4.79 Å². The van der Waals surface area contributed by atoms with Crippen molar-refractivity contribution in [2.24, 2.45) is 5.92 Å². The predicted molar refractivity (Wildman–Crippen MR) is 93.1 cm³/mol. The van der Waals surface area contributed by atoms with Crippen LogP contribution in [0.2, 0.25) is 0 Å². The average Bonchev–Trinajstić information content (AvgIpc) is 3.20. The van der Waals surface area contributed by atoms with Crippen molar-refractivity contribution in [3.63, 3.8) is 0 Å². The molecule has 0 aliphatic carbocycles. The summed E-state index contributed by atoms with van der Waals surface area (Å²) in [7, 11) is 1.96. The van der Waals surface area contributed by atoms with Gasteiger partial charge in [-0.15, -0.1) is 12.4 Å². The first kappa shape index (κ1) is 17.5. The van der Waals surface area contributed by atoms with Gasteiger partial charge in [0, 0.05) is 25.5 Å². The van der Waals surface area contributed by atoms with E-state index in [1.807, 2.05) is 53.2 Å². The van der Waals surface area contributed by atoms with E-state index in [9.17, 15) is 4.79 Å². The first-order valence-corrected chi connectivity index (χ1v) is 7.77. The number of nitrogens with zero attached hydrogens (tertiary/aromatic N) is 3. The van der Waals surface area contributed by atoms with E-state index in [0.29, 0.717) is 12.3 Å². The van der Waals surface area contributed by atoms with Crippen LogP contribution < -0.4 is 5.32 Å². The summed E-state index contributed by atoms with van der Waals surface area (Å²) in [6, 6.07) is 9.92. The monoisotopic (exact) mass is 334 g/mol. The van der Waals surface area contributed by atoms with Gasteiger partial charge in [-0.2, -0.15) is 5.10 Å². The Kier molecular flexibility index (Phi) is 6.19. The van der Waals surface area contributed by atoms with E-state index in [1.165, 1.54) is 0 Å². The van der Waals surface area contributed by atoms with Crippen molar-refractivity contribution in [2.75, 3.05) is 26.7 Å². The van der Waals surface area contributed by atoms with E-state index in [2.05, 4.69) is 10.4 Å². The molecule has 1 amide bonds. The van der Waals surface area contributed by atoms with Crippen LogP contribution in [-0.2, 0) is 11.2 Å². The highest BCUT2D eigenvalue weighted by molar-refractivity contribution is 5.85. The number of carbonyl (C=O) groups excluding carboxylic acids is 1. The van der Waals surface area contributed by atoms with Gasteiger partial charge in [-0.25, -0.2) is 4.68 Å². The minimum atomic E-state index is 0.